The Bertz CT molecular complexity index is 482. The minimum absolute atomic E-state index is 0.145. The summed E-state index contributed by atoms with van der Waals surface area (Å²) in [6.07, 6.45) is 0. The molecule has 0 unspecified atom stereocenters. The molecule has 1 heterocycles. The standard InChI is InChI=1S/C10H9FN2O2/c1-6-4-7(2-3-8(6)11)10-12-9(5-14)15-13-10/h2-4,14H,5H2,1H3. The number of hydrogen-bond acceptors (Lipinski definition) is 4. The highest BCUT2D eigenvalue weighted by molar-refractivity contribution is 5.55. The molecule has 0 spiro atoms. The SMILES string of the molecule is Cc1cc(-c2noc(CO)n2)ccc1F. The molecule has 1 aromatic carbocycles. The maximum atomic E-state index is 13.0. The van der Waals surface area contributed by atoms with Gasteiger partial charge in [-0.1, -0.05) is 5.16 Å². The van der Waals surface area contributed by atoms with Gasteiger partial charge in [-0.2, -0.15) is 4.98 Å². The highest BCUT2D eigenvalue weighted by atomic mass is 19.1. The Balaban J connectivity index is 2.40. The smallest absolute Gasteiger partial charge is 0.252 e. The lowest BCUT2D eigenvalue weighted by Crippen LogP contribution is -1.86. The molecule has 2 rings (SSSR count). The molecule has 78 valence electrons. The zero-order valence-corrected chi connectivity index (χ0v) is 8.07. The van der Waals surface area contributed by atoms with Gasteiger partial charge in [0.05, 0.1) is 0 Å². The van der Waals surface area contributed by atoms with Crippen molar-refractivity contribution in [1.82, 2.24) is 10.1 Å². The average molecular weight is 208 g/mol. The second-order valence-electron chi connectivity index (χ2n) is 3.13. The third-order valence-electron chi connectivity index (χ3n) is 2.02. The number of halogens is 1. The van der Waals surface area contributed by atoms with E-state index in [0.29, 0.717) is 17.0 Å². The van der Waals surface area contributed by atoms with Gasteiger partial charge in [-0.15, -0.1) is 0 Å². The molecule has 1 aromatic heterocycles. The molecule has 0 aliphatic heterocycles. The third kappa shape index (κ3) is 1.87. The summed E-state index contributed by atoms with van der Waals surface area (Å²) in [7, 11) is 0. The first-order chi connectivity index (χ1) is 7.20. The fourth-order valence-electron chi connectivity index (χ4n) is 1.22. The van der Waals surface area contributed by atoms with E-state index in [2.05, 4.69) is 10.1 Å². The predicted molar refractivity (Wildman–Crippen MR) is 50.4 cm³/mol. The van der Waals surface area contributed by atoms with Crippen LogP contribution in [0, 0.1) is 12.7 Å². The van der Waals surface area contributed by atoms with Gasteiger partial charge < -0.3 is 9.63 Å². The van der Waals surface area contributed by atoms with Crippen LogP contribution in [0.5, 0.6) is 0 Å². The molecule has 5 heteroatoms. The molecule has 0 aliphatic carbocycles. The molecular weight excluding hydrogens is 199 g/mol. The largest absolute Gasteiger partial charge is 0.387 e. The number of aliphatic hydroxyl groups excluding tert-OH is 1. The minimum Gasteiger partial charge on any atom is -0.387 e. The topological polar surface area (TPSA) is 59.2 Å². The predicted octanol–water partition coefficient (Wildman–Crippen LogP) is 1.68. The number of nitrogens with zero attached hydrogens (tertiary/aromatic N) is 2. The number of benzene rings is 1. The summed E-state index contributed by atoms with van der Waals surface area (Å²) in [5.74, 6) is 0.221. The van der Waals surface area contributed by atoms with E-state index in [4.69, 9.17) is 9.63 Å². The number of aliphatic hydroxyl groups is 1. The van der Waals surface area contributed by atoms with Crippen LogP contribution >= 0.6 is 0 Å². The molecule has 15 heavy (non-hydrogen) atoms. The zero-order chi connectivity index (χ0) is 10.8. The molecule has 0 fully saturated rings. The van der Waals surface area contributed by atoms with E-state index >= 15 is 0 Å². The molecule has 0 radical (unpaired) electrons. The lowest BCUT2D eigenvalue weighted by atomic mass is 10.1. The van der Waals surface area contributed by atoms with Crippen LogP contribution in [0.15, 0.2) is 22.7 Å². The van der Waals surface area contributed by atoms with Crippen molar-refractivity contribution in [3.63, 3.8) is 0 Å². The van der Waals surface area contributed by atoms with E-state index in [9.17, 15) is 4.39 Å². The van der Waals surface area contributed by atoms with Crippen LogP contribution in [0.25, 0.3) is 11.4 Å². The lowest BCUT2D eigenvalue weighted by molar-refractivity contribution is 0.222. The summed E-state index contributed by atoms with van der Waals surface area (Å²) in [5, 5.41) is 12.4. The Hall–Kier alpha value is -1.75. The number of aromatic nitrogens is 2. The van der Waals surface area contributed by atoms with Crippen molar-refractivity contribution in [2.24, 2.45) is 0 Å². The van der Waals surface area contributed by atoms with Gasteiger partial charge >= 0.3 is 0 Å². The van der Waals surface area contributed by atoms with Crippen LogP contribution < -0.4 is 0 Å². The van der Waals surface area contributed by atoms with Crippen molar-refractivity contribution < 1.29 is 14.0 Å². The maximum absolute atomic E-state index is 13.0. The average Bonchev–Trinajstić information content (AvgIpc) is 2.70. The van der Waals surface area contributed by atoms with E-state index in [1.807, 2.05) is 0 Å². The summed E-state index contributed by atoms with van der Waals surface area (Å²) in [4.78, 5) is 3.92. The first-order valence-corrected chi connectivity index (χ1v) is 4.40. The Morgan fingerprint density at radius 3 is 2.87 bits per heavy atom. The van der Waals surface area contributed by atoms with Crippen molar-refractivity contribution in [2.75, 3.05) is 0 Å². The molecule has 0 atom stereocenters. The van der Waals surface area contributed by atoms with Crippen LogP contribution in [0.1, 0.15) is 11.5 Å². The minimum atomic E-state index is -0.298. The van der Waals surface area contributed by atoms with Gasteiger partial charge in [0.1, 0.15) is 12.4 Å². The van der Waals surface area contributed by atoms with Crippen molar-refractivity contribution >= 4 is 0 Å². The molecule has 0 amide bonds. The van der Waals surface area contributed by atoms with Crippen LogP contribution in [0.3, 0.4) is 0 Å². The number of rotatable bonds is 2. The second kappa shape index (κ2) is 3.78. The molecule has 0 aliphatic rings. The molecule has 0 saturated heterocycles. The molecule has 0 bridgehead atoms. The monoisotopic (exact) mass is 208 g/mol. The molecule has 1 N–H and O–H groups in total. The highest BCUT2D eigenvalue weighted by Gasteiger charge is 2.08. The number of hydrogen-bond donors (Lipinski definition) is 1. The maximum Gasteiger partial charge on any atom is 0.252 e. The van der Waals surface area contributed by atoms with Gasteiger partial charge in [0.2, 0.25) is 5.82 Å². The van der Waals surface area contributed by atoms with E-state index in [-0.39, 0.29) is 18.3 Å². The summed E-state index contributed by atoms with van der Waals surface area (Å²) >= 11 is 0. The number of aryl methyl sites for hydroxylation is 1. The van der Waals surface area contributed by atoms with Gasteiger partial charge in [-0.3, -0.25) is 0 Å². The van der Waals surface area contributed by atoms with Gasteiger partial charge in [-0.25, -0.2) is 4.39 Å². The fourth-order valence-corrected chi connectivity index (χ4v) is 1.22. The van der Waals surface area contributed by atoms with Crippen molar-refractivity contribution in [3.8, 4) is 11.4 Å². The van der Waals surface area contributed by atoms with Crippen molar-refractivity contribution in [2.45, 2.75) is 13.5 Å². The van der Waals surface area contributed by atoms with Gasteiger partial charge in [0.25, 0.3) is 5.89 Å². The molecule has 2 aromatic rings. The quantitative estimate of drug-likeness (QED) is 0.815. The highest BCUT2D eigenvalue weighted by Crippen LogP contribution is 2.18. The van der Waals surface area contributed by atoms with Crippen LogP contribution in [-0.4, -0.2) is 15.2 Å². The Morgan fingerprint density at radius 1 is 1.47 bits per heavy atom. The molecule has 0 saturated carbocycles. The summed E-state index contributed by atoms with van der Waals surface area (Å²) in [6.45, 7) is 1.36. The summed E-state index contributed by atoms with van der Waals surface area (Å²) < 4.78 is 17.7. The summed E-state index contributed by atoms with van der Waals surface area (Å²) in [6, 6.07) is 4.54. The van der Waals surface area contributed by atoms with Crippen LogP contribution in [0.4, 0.5) is 4.39 Å². The molecular formula is C10H9FN2O2. The van der Waals surface area contributed by atoms with E-state index in [1.54, 1.807) is 19.1 Å². The lowest BCUT2D eigenvalue weighted by Gasteiger charge is -1.97. The third-order valence-corrected chi connectivity index (χ3v) is 2.02. The zero-order valence-electron chi connectivity index (χ0n) is 8.07. The van der Waals surface area contributed by atoms with E-state index in [0.717, 1.165) is 0 Å². The van der Waals surface area contributed by atoms with Crippen LogP contribution in [0.2, 0.25) is 0 Å². The van der Waals surface area contributed by atoms with Crippen molar-refractivity contribution in [3.05, 3.63) is 35.5 Å². The van der Waals surface area contributed by atoms with Gasteiger partial charge in [0.15, 0.2) is 0 Å². The first-order valence-electron chi connectivity index (χ1n) is 4.40. The fraction of sp³-hybridized carbons (Fsp3) is 0.200. The van der Waals surface area contributed by atoms with Crippen LogP contribution in [-0.2, 0) is 6.61 Å². The van der Waals surface area contributed by atoms with Gasteiger partial charge in [-0.05, 0) is 30.7 Å². The van der Waals surface area contributed by atoms with E-state index in [1.165, 1.54) is 6.07 Å². The Kier molecular flexibility index (Phi) is 2.47. The summed E-state index contributed by atoms with van der Waals surface area (Å²) in [5.41, 5.74) is 1.18. The van der Waals surface area contributed by atoms with E-state index < -0.39 is 0 Å². The Morgan fingerprint density at radius 2 is 2.27 bits per heavy atom. The van der Waals surface area contributed by atoms with Crippen molar-refractivity contribution in [1.29, 1.82) is 0 Å². The second-order valence-corrected chi connectivity index (χ2v) is 3.13. The first kappa shape index (κ1) is 9.79. The molecule has 4 nitrogen and oxygen atoms in total. The Labute approximate surface area is 85.4 Å². The van der Waals surface area contributed by atoms with Gasteiger partial charge in [0, 0.05) is 5.56 Å². The normalized spacial score (nSPS) is 10.6.